The minimum atomic E-state index is -1.09. The third-order valence-corrected chi connectivity index (χ3v) is 8.66. The number of aliphatic hydroxyl groups excluding tert-OH is 1. The second-order valence-electron chi connectivity index (χ2n) is 11.1. The molecule has 0 saturated carbocycles. The number of para-hydroxylation sites is 1. The van der Waals surface area contributed by atoms with Gasteiger partial charge in [-0.1, -0.05) is 17.3 Å². The highest BCUT2D eigenvalue weighted by molar-refractivity contribution is 6.02. The van der Waals surface area contributed by atoms with Crippen LogP contribution >= 0.6 is 0 Å². The minimum Gasteiger partial charge on any atom is -0.494 e. The summed E-state index contributed by atoms with van der Waals surface area (Å²) in [6, 6.07) is 13.7. The van der Waals surface area contributed by atoms with Crippen LogP contribution in [0.4, 0.5) is 5.69 Å². The van der Waals surface area contributed by atoms with E-state index in [1.165, 1.54) is 0 Å². The van der Waals surface area contributed by atoms with Crippen LogP contribution in [0, 0.1) is 11.8 Å². The van der Waals surface area contributed by atoms with Crippen molar-refractivity contribution in [3.8, 4) is 5.75 Å². The van der Waals surface area contributed by atoms with Crippen molar-refractivity contribution in [2.45, 2.75) is 63.4 Å². The molecule has 1 aromatic heterocycles. The first-order chi connectivity index (χ1) is 20.5. The number of nitrogens with zero attached hydrogens (tertiary/aromatic N) is 4. The lowest BCUT2D eigenvalue weighted by Crippen LogP contribution is -2.55. The molecule has 42 heavy (non-hydrogen) atoms. The number of unbranched alkanes of at least 4 members (excludes halogenated alkanes) is 2. The first-order valence-corrected chi connectivity index (χ1v) is 14.7. The molecule has 3 aliphatic heterocycles. The second kappa shape index (κ2) is 11.7. The molecule has 222 valence electrons. The standard InChI is InChI=1S/C30H36N6O6/c1-2-41-20-12-10-19(11-13-20)32-27(38)24-23-14-15-30(42-23)25(24)29(40)35(16-6-3-7-17-37)26(30)28(39)31-18-36-22-9-5-4-8-21(22)33-34-36/h4-5,8-13,23-26,37H,2-3,6-7,14-18H2,1H3,(H,31,39)(H,32,38)/t23-,24+,25-,26?,30?/m0/s1. The lowest BCUT2D eigenvalue weighted by Gasteiger charge is -2.33. The van der Waals surface area contributed by atoms with E-state index in [1.54, 1.807) is 33.8 Å². The molecule has 3 aromatic rings. The van der Waals surface area contributed by atoms with Crippen molar-refractivity contribution in [2.75, 3.05) is 25.1 Å². The number of ether oxygens (including phenoxy) is 2. The van der Waals surface area contributed by atoms with E-state index < -0.39 is 29.6 Å². The third kappa shape index (κ3) is 4.88. The zero-order valence-electron chi connectivity index (χ0n) is 23.6. The van der Waals surface area contributed by atoms with Crippen LogP contribution in [0.5, 0.6) is 5.75 Å². The first-order valence-electron chi connectivity index (χ1n) is 14.7. The summed E-state index contributed by atoms with van der Waals surface area (Å²) in [6.45, 7) is 2.92. The molecule has 3 saturated heterocycles. The van der Waals surface area contributed by atoms with Crippen molar-refractivity contribution >= 4 is 34.4 Å². The number of nitrogens with one attached hydrogen (secondary N) is 2. The Morgan fingerprint density at radius 1 is 1.12 bits per heavy atom. The Bertz CT molecular complexity index is 1460. The highest BCUT2D eigenvalue weighted by Gasteiger charge is 2.74. The van der Waals surface area contributed by atoms with E-state index >= 15 is 0 Å². The van der Waals surface area contributed by atoms with E-state index in [2.05, 4.69) is 20.9 Å². The van der Waals surface area contributed by atoms with E-state index in [4.69, 9.17) is 9.47 Å². The van der Waals surface area contributed by atoms with Gasteiger partial charge in [0.2, 0.25) is 17.7 Å². The SMILES string of the molecule is CCOc1ccc(NC(=O)[C@@H]2[C@@H]3CCC4(O3)C(C(=O)NCn3nnc5ccccc53)N(CCCCCO)C(=O)[C@H]24)cc1. The van der Waals surface area contributed by atoms with E-state index in [0.717, 1.165) is 5.52 Å². The summed E-state index contributed by atoms with van der Waals surface area (Å²) in [7, 11) is 0. The molecule has 3 N–H and O–H groups in total. The summed E-state index contributed by atoms with van der Waals surface area (Å²) in [6.07, 6.45) is 2.59. The largest absolute Gasteiger partial charge is 0.494 e. The molecule has 0 radical (unpaired) electrons. The van der Waals surface area contributed by atoms with Gasteiger partial charge in [0, 0.05) is 18.8 Å². The number of hydrogen-bond donors (Lipinski definition) is 3. The lowest BCUT2D eigenvalue weighted by atomic mass is 9.70. The number of likely N-dealkylation sites (tertiary alicyclic amines) is 1. The van der Waals surface area contributed by atoms with Crippen molar-refractivity contribution in [1.29, 1.82) is 0 Å². The Kier molecular flexibility index (Phi) is 7.82. The molecule has 0 aliphatic carbocycles. The molecule has 2 aromatic carbocycles. The summed E-state index contributed by atoms with van der Waals surface area (Å²) in [5.41, 5.74) is 1.00. The van der Waals surface area contributed by atoms with Gasteiger partial charge < -0.3 is 30.1 Å². The summed E-state index contributed by atoms with van der Waals surface area (Å²) < 4.78 is 13.6. The van der Waals surface area contributed by atoms with Crippen LogP contribution in [0.3, 0.4) is 0 Å². The molecule has 12 nitrogen and oxygen atoms in total. The Morgan fingerprint density at radius 2 is 1.93 bits per heavy atom. The van der Waals surface area contributed by atoms with E-state index in [0.29, 0.717) is 62.2 Å². The molecule has 3 aliphatic rings. The second-order valence-corrected chi connectivity index (χ2v) is 11.1. The molecule has 3 fully saturated rings. The highest BCUT2D eigenvalue weighted by atomic mass is 16.5. The van der Waals surface area contributed by atoms with Crippen molar-refractivity contribution < 1.29 is 29.0 Å². The molecule has 2 bridgehead atoms. The van der Waals surface area contributed by atoms with Crippen LogP contribution in [0.1, 0.15) is 39.0 Å². The van der Waals surface area contributed by atoms with Gasteiger partial charge in [0.25, 0.3) is 0 Å². The van der Waals surface area contributed by atoms with E-state index in [9.17, 15) is 19.5 Å². The lowest BCUT2D eigenvalue weighted by molar-refractivity contribution is -0.141. The number of aliphatic hydroxyl groups is 1. The van der Waals surface area contributed by atoms with Crippen LogP contribution in [-0.4, -0.2) is 80.2 Å². The van der Waals surface area contributed by atoms with Gasteiger partial charge in [-0.3, -0.25) is 14.4 Å². The monoisotopic (exact) mass is 576 g/mol. The first kappa shape index (κ1) is 28.1. The number of anilines is 1. The molecule has 5 atom stereocenters. The van der Waals surface area contributed by atoms with Gasteiger partial charge in [0.15, 0.2) is 0 Å². The fourth-order valence-corrected chi connectivity index (χ4v) is 6.88. The topological polar surface area (TPSA) is 148 Å². The number of fused-ring (bicyclic) bond motifs is 2. The van der Waals surface area contributed by atoms with Crippen molar-refractivity contribution in [3.05, 3.63) is 48.5 Å². The molecule has 3 amide bonds. The summed E-state index contributed by atoms with van der Waals surface area (Å²) in [5.74, 6) is -1.65. The predicted molar refractivity (Wildman–Crippen MR) is 152 cm³/mol. The highest BCUT2D eigenvalue weighted by Crippen LogP contribution is 2.58. The Hall–Kier alpha value is -4.03. The molecule has 12 heteroatoms. The molecule has 4 heterocycles. The summed E-state index contributed by atoms with van der Waals surface area (Å²) in [4.78, 5) is 43.2. The van der Waals surface area contributed by atoms with Crippen LogP contribution in [0.25, 0.3) is 11.0 Å². The summed E-state index contributed by atoms with van der Waals surface area (Å²) in [5, 5.41) is 23.4. The molecular weight excluding hydrogens is 540 g/mol. The number of carbonyl (C=O) groups is 3. The van der Waals surface area contributed by atoms with E-state index in [-0.39, 0.29) is 31.0 Å². The number of amides is 3. The number of carbonyl (C=O) groups excluding carboxylic acids is 3. The number of benzene rings is 2. The Labute approximate surface area is 243 Å². The van der Waals surface area contributed by atoms with Gasteiger partial charge in [0.1, 0.15) is 29.6 Å². The van der Waals surface area contributed by atoms with Crippen molar-refractivity contribution in [1.82, 2.24) is 25.2 Å². The van der Waals surface area contributed by atoms with Gasteiger partial charge in [-0.05, 0) is 75.4 Å². The third-order valence-electron chi connectivity index (χ3n) is 8.66. The van der Waals surface area contributed by atoms with Gasteiger partial charge in [0.05, 0.1) is 30.1 Å². The fourth-order valence-electron chi connectivity index (χ4n) is 6.88. The molecular formula is C30H36N6O6. The molecule has 6 rings (SSSR count). The minimum absolute atomic E-state index is 0.0644. The van der Waals surface area contributed by atoms with Crippen molar-refractivity contribution in [3.63, 3.8) is 0 Å². The smallest absolute Gasteiger partial charge is 0.247 e. The van der Waals surface area contributed by atoms with E-state index in [1.807, 2.05) is 31.2 Å². The number of rotatable bonds is 12. The normalized spacial score (nSPS) is 26.0. The Balaban J connectivity index is 1.23. The average Bonchev–Trinajstić information content (AvgIpc) is 3.75. The number of aromatic nitrogens is 3. The predicted octanol–water partition coefficient (Wildman–Crippen LogP) is 2.08. The Morgan fingerprint density at radius 3 is 2.71 bits per heavy atom. The van der Waals surface area contributed by atoms with Crippen LogP contribution in [0.2, 0.25) is 0 Å². The quantitative estimate of drug-likeness (QED) is 0.278. The van der Waals surface area contributed by atoms with Gasteiger partial charge in [-0.25, -0.2) is 4.68 Å². The van der Waals surface area contributed by atoms with Crippen LogP contribution in [-0.2, 0) is 25.8 Å². The van der Waals surface area contributed by atoms with Crippen LogP contribution < -0.4 is 15.4 Å². The van der Waals surface area contributed by atoms with Gasteiger partial charge in [-0.2, -0.15) is 0 Å². The van der Waals surface area contributed by atoms with Crippen molar-refractivity contribution in [2.24, 2.45) is 11.8 Å². The van der Waals surface area contributed by atoms with Gasteiger partial charge in [-0.15, -0.1) is 5.10 Å². The molecule has 2 unspecified atom stereocenters. The average molecular weight is 577 g/mol. The van der Waals surface area contributed by atoms with Crippen LogP contribution in [0.15, 0.2) is 48.5 Å². The number of hydrogen-bond acceptors (Lipinski definition) is 8. The maximum Gasteiger partial charge on any atom is 0.247 e. The van der Waals surface area contributed by atoms with Gasteiger partial charge >= 0.3 is 0 Å². The zero-order valence-corrected chi connectivity index (χ0v) is 23.6. The maximum absolute atomic E-state index is 14.0. The molecule has 1 spiro atoms. The fraction of sp³-hybridized carbons (Fsp3) is 0.500. The maximum atomic E-state index is 14.0. The zero-order chi connectivity index (χ0) is 29.3. The summed E-state index contributed by atoms with van der Waals surface area (Å²) >= 11 is 0.